The first-order valence-electron chi connectivity index (χ1n) is 4.90. The van der Waals surface area contributed by atoms with Crippen LogP contribution in [0.25, 0.3) is 0 Å². The molecule has 0 atom stereocenters. The summed E-state index contributed by atoms with van der Waals surface area (Å²) >= 11 is 0. The summed E-state index contributed by atoms with van der Waals surface area (Å²) < 4.78 is 14.8. The highest BCUT2D eigenvalue weighted by Crippen LogP contribution is 2.35. The van der Waals surface area contributed by atoms with Crippen molar-refractivity contribution in [2.24, 2.45) is 0 Å². The molecule has 0 spiro atoms. The molecule has 4 nitrogen and oxygen atoms in total. The molecular weight excluding hydrogens is 227 g/mol. The molecule has 1 aromatic rings. The van der Waals surface area contributed by atoms with Crippen LogP contribution in [0.1, 0.15) is 11.1 Å². The monoisotopic (exact) mass is 242 g/mol. The molecule has 0 saturated carbocycles. The summed E-state index contributed by atoms with van der Waals surface area (Å²) in [5.74, 6) is 0. The highest BCUT2D eigenvalue weighted by Gasteiger charge is 2.12. The Labute approximate surface area is 94.8 Å². The number of allylic oxidation sites excluding steroid dienone is 1. The third-order valence-corrected chi connectivity index (χ3v) is 2.54. The lowest BCUT2D eigenvalue weighted by Gasteiger charge is -2.06. The molecule has 5 heteroatoms. The zero-order valence-electron chi connectivity index (χ0n) is 8.87. The van der Waals surface area contributed by atoms with Crippen molar-refractivity contribution in [1.29, 1.82) is 0 Å². The molecule has 0 aliphatic heterocycles. The minimum atomic E-state index is -4.34. The van der Waals surface area contributed by atoms with Gasteiger partial charge in [0.05, 0.1) is 6.61 Å². The number of phosphoric ester groups is 1. The number of hydrogen-bond donors (Lipinski definition) is 2. The van der Waals surface area contributed by atoms with Gasteiger partial charge in [-0.2, -0.15) is 0 Å². The quantitative estimate of drug-likeness (QED) is 0.592. The van der Waals surface area contributed by atoms with Crippen LogP contribution in [0, 0.1) is 0 Å². The van der Waals surface area contributed by atoms with E-state index in [0.29, 0.717) is 6.42 Å². The fourth-order valence-electron chi connectivity index (χ4n) is 1.36. The standard InChI is InChI=1S/C11H15O4P/c1-2-4-10-5-3-6-11(9-10)7-8-15-16(12,13)14/h2-3,5-6,9H,1,4,7-8H2,(H2,12,13,14). The normalized spacial score (nSPS) is 11.4. The molecule has 0 bridgehead atoms. The highest BCUT2D eigenvalue weighted by atomic mass is 31.2. The predicted molar refractivity (Wildman–Crippen MR) is 62.0 cm³/mol. The summed E-state index contributed by atoms with van der Waals surface area (Å²) in [5, 5.41) is 0. The zero-order valence-corrected chi connectivity index (χ0v) is 9.77. The average Bonchev–Trinajstić information content (AvgIpc) is 2.17. The summed E-state index contributed by atoms with van der Waals surface area (Å²) in [6.45, 7) is 3.67. The molecule has 1 rings (SSSR count). The molecule has 0 heterocycles. The largest absolute Gasteiger partial charge is 0.469 e. The van der Waals surface area contributed by atoms with Crippen molar-refractivity contribution in [2.75, 3.05) is 6.61 Å². The summed E-state index contributed by atoms with van der Waals surface area (Å²) in [4.78, 5) is 17.0. The summed E-state index contributed by atoms with van der Waals surface area (Å²) in [5.41, 5.74) is 2.12. The molecule has 0 aliphatic carbocycles. The third-order valence-electron chi connectivity index (χ3n) is 2.02. The molecule has 1 aromatic carbocycles. The summed E-state index contributed by atoms with van der Waals surface area (Å²) in [6.07, 6.45) is 3.08. The van der Waals surface area contributed by atoms with Gasteiger partial charge in [-0.3, -0.25) is 4.52 Å². The number of hydrogen-bond acceptors (Lipinski definition) is 2. The Morgan fingerprint density at radius 1 is 1.38 bits per heavy atom. The molecule has 88 valence electrons. The molecule has 2 N–H and O–H groups in total. The van der Waals surface area contributed by atoms with Gasteiger partial charge in [0.1, 0.15) is 0 Å². The molecule has 0 aliphatic rings. The van der Waals surface area contributed by atoms with Crippen molar-refractivity contribution < 1.29 is 18.9 Å². The van der Waals surface area contributed by atoms with E-state index in [0.717, 1.165) is 17.5 Å². The Hall–Kier alpha value is -0.930. The second-order valence-corrected chi connectivity index (χ2v) is 4.63. The number of benzene rings is 1. The summed E-state index contributed by atoms with van der Waals surface area (Å²) in [7, 11) is -4.34. The van der Waals surface area contributed by atoms with Gasteiger partial charge in [0.25, 0.3) is 0 Å². The van der Waals surface area contributed by atoms with Gasteiger partial charge in [-0.15, -0.1) is 6.58 Å². The van der Waals surface area contributed by atoms with Gasteiger partial charge in [-0.25, -0.2) is 4.57 Å². The van der Waals surface area contributed by atoms with Crippen molar-refractivity contribution in [2.45, 2.75) is 12.8 Å². The molecule has 0 amide bonds. The van der Waals surface area contributed by atoms with E-state index in [1.165, 1.54) is 0 Å². The van der Waals surface area contributed by atoms with Crippen LogP contribution < -0.4 is 0 Å². The molecule has 0 radical (unpaired) electrons. The lowest BCUT2D eigenvalue weighted by molar-refractivity contribution is 0.199. The van der Waals surface area contributed by atoms with Gasteiger partial charge < -0.3 is 9.79 Å². The van der Waals surface area contributed by atoms with Gasteiger partial charge >= 0.3 is 7.82 Å². The van der Waals surface area contributed by atoms with E-state index in [-0.39, 0.29) is 6.61 Å². The fourth-order valence-corrected chi connectivity index (χ4v) is 1.69. The van der Waals surface area contributed by atoms with Crippen LogP contribution in [0.5, 0.6) is 0 Å². The van der Waals surface area contributed by atoms with Gasteiger partial charge in [-0.05, 0) is 24.0 Å². The Morgan fingerprint density at radius 2 is 2.06 bits per heavy atom. The van der Waals surface area contributed by atoms with E-state index in [9.17, 15) is 4.57 Å². The minimum absolute atomic E-state index is 0.0157. The second kappa shape index (κ2) is 5.97. The fraction of sp³-hybridized carbons (Fsp3) is 0.273. The lowest BCUT2D eigenvalue weighted by atomic mass is 10.1. The molecule has 0 unspecified atom stereocenters. The minimum Gasteiger partial charge on any atom is -0.303 e. The van der Waals surface area contributed by atoms with E-state index >= 15 is 0 Å². The van der Waals surface area contributed by atoms with Crippen LogP contribution in [0.3, 0.4) is 0 Å². The van der Waals surface area contributed by atoms with Gasteiger partial charge in [0.15, 0.2) is 0 Å². The van der Waals surface area contributed by atoms with E-state index in [2.05, 4.69) is 11.1 Å². The van der Waals surface area contributed by atoms with Crippen LogP contribution in [0.4, 0.5) is 0 Å². The Morgan fingerprint density at radius 3 is 2.69 bits per heavy atom. The van der Waals surface area contributed by atoms with Crippen LogP contribution >= 0.6 is 7.82 Å². The van der Waals surface area contributed by atoms with Crippen LogP contribution in [0.15, 0.2) is 36.9 Å². The van der Waals surface area contributed by atoms with Crippen LogP contribution in [-0.2, 0) is 21.9 Å². The molecule has 16 heavy (non-hydrogen) atoms. The first kappa shape index (κ1) is 13.1. The van der Waals surface area contributed by atoms with Crippen molar-refractivity contribution in [3.05, 3.63) is 48.0 Å². The zero-order chi connectivity index (χ0) is 12.0. The number of phosphoric acid groups is 1. The second-order valence-electron chi connectivity index (χ2n) is 3.39. The smallest absolute Gasteiger partial charge is 0.303 e. The van der Waals surface area contributed by atoms with E-state index in [4.69, 9.17) is 9.79 Å². The first-order chi connectivity index (χ1) is 7.51. The molecule has 0 aromatic heterocycles. The first-order valence-corrected chi connectivity index (χ1v) is 6.43. The maximum atomic E-state index is 10.4. The van der Waals surface area contributed by atoms with Gasteiger partial charge in [-0.1, -0.05) is 30.3 Å². The number of rotatable bonds is 6. The maximum absolute atomic E-state index is 10.4. The van der Waals surface area contributed by atoms with Gasteiger partial charge in [0.2, 0.25) is 0 Å². The molecule has 0 saturated heterocycles. The van der Waals surface area contributed by atoms with Crippen molar-refractivity contribution in [1.82, 2.24) is 0 Å². The predicted octanol–water partition coefficient (Wildman–Crippen LogP) is 2.07. The van der Waals surface area contributed by atoms with Crippen molar-refractivity contribution in [3.63, 3.8) is 0 Å². The average molecular weight is 242 g/mol. The molecule has 0 fully saturated rings. The van der Waals surface area contributed by atoms with Crippen molar-refractivity contribution >= 4 is 7.82 Å². The van der Waals surface area contributed by atoms with E-state index < -0.39 is 7.82 Å². The topological polar surface area (TPSA) is 66.8 Å². The Bertz CT molecular complexity index is 397. The highest BCUT2D eigenvalue weighted by molar-refractivity contribution is 7.46. The Kier molecular flexibility index (Phi) is 4.90. The maximum Gasteiger partial charge on any atom is 0.469 e. The Balaban J connectivity index is 2.50. The van der Waals surface area contributed by atoms with E-state index in [1.807, 2.05) is 30.3 Å². The third kappa shape index (κ3) is 5.24. The lowest BCUT2D eigenvalue weighted by Crippen LogP contribution is -1.97. The van der Waals surface area contributed by atoms with Crippen LogP contribution in [-0.4, -0.2) is 16.4 Å². The molecular formula is C11H15O4P. The SMILES string of the molecule is C=CCc1cccc(CCOP(=O)(O)O)c1. The van der Waals surface area contributed by atoms with Gasteiger partial charge in [0, 0.05) is 0 Å². The summed E-state index contributed by atoms with van der Waals surface area (Å²) in [6, 6.07) is 7.76. The van der Waals surface area contributed by atoms with Crippen LogP contribution in [0.2, 0.25) is 0 Å². The van der Waals surface area contributed by atoms with E-state index in [1.54, 1.807) is 0 Å². The van der Waals surface area contributed by atoms with Crippen molar-refractivity contribution in [3.8, 4) is 0 Å².